The fourth-order valence-corrected chi connectivity index (χ4v) is 2.67. The third kappa shape index (κ3) is 4.40. The third-order valence-corrected chi connectivity index (χ3v) is 3.86. The molecule has 112 valence electrons. The SMILES string of the molecule is COc1cccc(C2CCN(CCC(F)(F)F)CC2)c1. The Balaban J connectivity index is 1.84. The average molecular weight is 287 g/mol. The lowest BCUT2D eigenvalue weighted by molar-refractivity contribution is -0.138. The van der Waals surface area contributed by atoms with Gasteiger partial charge in [-0.3, -0.25) is 0 Å². The van der Waals surface area contributed by atoms with Gasteiger partial charge in [0.15, 0.2) is 0 Å². The number of likely N-dealkylation sites (tertiary alicyclic amines) is 1. The number of alkyl halides is 3. The van der Waals surface area contributed by atoms with Crippen LogP contribution in [-0.4, -0.2) is 37.8 Å². The number of benzene rings is 1. The summed E-state index contributed by atoms with van der Waals surface area (Å²) in [5, 5.41) is 0. The van der Waals surface area contributed by atoms with Gasteiger partial charge in [-0.15, -0.1) is 0 Å². The summed E-state index contributed by atoms with van der Waals surface area (Å²) in [6, 6.07) is 7.96. The van der Waals surface area contributed by atoms with Crippen LogP contribution in [0.3, 0.4) is 0 Å². The summed E-state index contributed by atoms with van der Waals surface area (Å²) in [4.78, 5) is 1.91. The van der Waals surface area contributed by atoms with Crippen molar-refractivity contribution in [1.29, 1.82) is 0 Å². The third-order valence-electron chi connectivity index (χ3n) is 3.86. The van der Waals surface area contributed by atoms with Gasteiger partial charge in [0, 0.05) is 6.54 Å². The van der Waals surface area contributed by atoms with Gasteiger partial charge in [0.2, 0.25) is 0 Å². The van der Waals surface area contributed by atoms with E-state index in [1.165, 1.54) is 5.56 Å². The molecular formula is C15H20F3NO. The minimum absolute atomic E-state index is 0.119. The van der Waals surface area contributed by atoms with Gasteiger partial charge in [-0.25, -0.2) is 0 Å². The standard InChI is InChI=1S/C15H20F3NO/c1-20-14-4-2-3-13(11-14)12-5-8-19(9-6-12)10-7-15(16,17)18/h2-4,11-12H,5-10H2,1H3. The molecular weight excluding hydrogens is 267 g/mol. The van der Waals surface area contributed by atoms with Gasteiger partial charge >= 0.3 is 6.18 Å². The Labute approximate surface area is 117 Å². The van der Waals surface area contributed by atoms with E-state index in [2.05, 4.69) is 6.07 Å². The summed E-state index contributed by atoms with van der Waals surface area (Å²) in [6.07, 6.45) is -2.95. The highest BCUT2D eigenvalue weighted by Gasteiger charge is 2.29. The zero-order valence-electron chi connectivity index (χ0n) is 11.6. The van der Waals surface area contributed by atoms with E-state index in [4.69, 9.17) is 4.74 Å². The maximum Gasteiger partial charge on any atom is 0.390 e. The maximum absolute atomic E-state index is 12.2. The van der Waals surface area contributed by atoms with Gasteiger partial charge in [0.05, 0.1) is 13.5 Å². The molecule has 2 nitrogen and oxygen atoms in total. The van der Waals surface area contributed by atoms with Crippen LogP contribution in [0.4, 0.5) is 13.2 Å². The molecule has 0 aromatic heterocycles. The molecule has 1 fully saturated rings. The molecule has 1 saturated heterocycles. The van der Waals surface area contributed by atoms with Crippen molar-refractivity contribution in [2.45, 2.75) is 31.4 Å². The summed E-state index contributed by atoms with van der Waals surface area (Å²) in [5.74, 6) is 1.26. The number of hydrogen-bond acceptors (Lipinski definition) is 2. The first-order valence-corrected chi connectivity index (χ1v) is 6.91. The first-order chi connectivity index (χ1) is 9.48. The number of hydrogen-bond donors (Lipinski definition) is 0. The van der Waals surface area contributed by atoms with E-state index < -0.39 is 12.6 Å². The Hall–Kier alpha value is -1.23. The Morgan fingerprint density at radius 1 is 1.25 bits per heavy atom. The number of nitrogens with zero attached hydrogens (tertiary/aromatic N) is 1. The Kier molecular flexibility index (Phi) is 4.91. The topological polar surface area (TPSA) is 12.5 Å². The highest BCUT2D eigenvalue weighted by atomic mass is 19.4. The van der Waals surface area contributed by atoms with E-state index in [1.807, 2.05) is 23.1 Å². The number of methoxy groups -OCH3 is 1. The molecule has 0 amide bonds. The van der Waals surface area contributed by atoms with Crippen molar-refractivity contribution in [2.75, 3.05) is 26.7 Å². The van der Waals surface area contributed by atoms with Crippen LogP contribution in [0.2, 0.25) is 0 Å². The monoisotopic (exact) mass is 287 g/mol. The molecule has 1 aliphatic heterocycles. The summed E-state index contributed by atoms with van der Waals surface area (Å²) in [6.45, 7) is 1.59. The number of halogens is 3. The molecule has 5 heteroatoms. The lowest BCUT2D eigenvalue weighted by Crippen LogP contribution is -2.35. The number of rotatable bonds is 4. The predicted molar refractivity (Wildman–Crippen MR) is 72.1 cm³/mol. The lowest BCUT2D eigenvalue weighted by atomic mass is 9.89. The molecule has 0 aliphatic carbocycles. The molecule has 0 radical (unpaired) electrons. The van der Waals surface area contributed by atoms with Gasteiger partial charge < -0.3 is 9.64 Å². The number of piperidine rings is 1. The molecule has 1 aromatic carbocycles. The second-order valence-corrected chi connectivity index (χ2v) is 5.26. The van der Waals surface area contributed by atoms with E-state index in [-0.39, 0.29) is 6.54 Å². The average Bonchev–Trinajstić information content (AvgIpc) is 2.45. The maximum atomic E-state index is 12.2. The summed E-state index contributed by atoms with van der Waals surface area (Å²) in [7, 11) is 1.64. The van der Waals surface area contributed by atoms with E-state index in [0.717, 1.165) is 31.7 Å². The van der Waals surface area contributed by atoms with Crippen LogP contribution >= 0.6 is 0 Å². The van der Waals surface area contributed by atoms with Gasteiger partial charge in [0.1, 0.15) is 5.75 Å². The second kappa shape index (κ2) is 6.48. The Bertz CT molecular complexity index is 425. The molecule has 0 N–H and O–H groups in total. The van der Waals surface area contributed by atoms with Gasteiger partial charge in [-0.05, 0) is 49.5 Å². The van der Waals surface area contributed by atoms with Crippen molar-refractivity contribution < 1.29 is 17.9 Å². The first-order valence-electron chi connectivity index (χ1n) is 6.91. The van der Waals surface area contributed by atoms with Gasteiger partial charge in [-0.2, -0.15) is 13.2 Å². The van der Waals surface area contributed by atoms with Gasteiger partial charge in [-0.1, -0.05) is 12.1 Å². The Morgan fingerprint density at radius 2 is 1.95 bits per heavy atom. The van der Waals surface area contributed by atoms with Crippen LogP contribution in [0.25, 0.3) is 0 Å². The van der Waals surface area contributed by atoms with Crippen LogP contribution in [0.5, 0.6) is 5.75 Å². The molecule has 0 saturated carbocycles. The minimum Gasteiger partial charge on any atom is -0.497 e. The summed E-state index contributed by atoms with van der Waals surface area (Å²) in [5.41, 5.74) is 1.22. The van der Waals surface area contributed by atoms with Crippen molar-refractivity contribution in [3.05, 3.63) is 29.8 Å². The first kappa shape index (κ1) is 15.2. The van der Waals surface area contributed by atoms with E-state index in [0.29, 0.717) is 5.92 Å². The number of ether oxygens (including phenoxy) is 1. The lowest BCUT2D eigenvalue weighted by Gasteiger charge is -2.32. The van der Waals surface area contributed by atoms with Gasteiger partial charge in [0.25, 0.3) is 0 Å². The van der Waals surface area contributed by atoms with Crippen molar-refractivity contribution in [3.63, 3.8) is 0 Å². The van der Waals surface area contributed by atoms with Crippen molar-refractivity contribution in [3.8, 4) is 5.75 Å². The van der Waals surface area contributed by atoms with Crippen molar-refractivity contribution >= 4 is 0 Å². The van der Waals surface area contributed by atoms with Crippen LogP contribution in [-0.2, 0) is 0 Å². The van der Waals surface area contributed by atoms with Crippen molar-refractivity contribution in [1.82, 2.24) is 4.90 Å². The summed E-state index contributed by atoms with van der Waals surface area (Å²) < 4.78 is 41.8. The largest absolute Gasteiger partial charge is 0.497 e. The fourth-order valence-electron chi connectivity index (χ4n) is 2.67. The fraction of sp³-hybridized carbons (Fsp3) is 0.600. The molecule has 2 rings (SSSR count). The normalized spacial score (nSPS) is 18.2. The second-order valence-electron chi connectivity index (χ2n) is 5.26. The van der Waals surface area contributed by atoms with Crippen LogP contribution in [0.1, 0.15) is 30.7 Å². The van der Waals surface area contributed by atoms with Crippen LogP contribution in [0, 0.1) is 0 Å². The molecule has 1 heterocycles. The van der Waals surface area contributed by atoms with Crippen LogP contribution in [0.15, 0.2) is 24.3 Å². The zero-order chi connectivity index (χ0) is 14.6. The molecule has 20 heavy (non-hydrogen) atoms. The predicted octanol–water partition coefficient (Wildman–Crippen LogP) is 3.83. The highest BCUT2D eigenvalue weighted by molar-refractivity contribution is 5.31. The minimum atomic E-state index is -4.05. The Morgan fingerprint density at radius 3 is 2.55 bits per heavy atom. The molecule has 1 aliphatic rings. The van der Waals surface area contributed by atoms with E-state index in [9.17, 15) is 13.2 Å². The molecule has 0 spiro atoms. The van der Waals surface area contributed by atoms with Crippen LogP contribution < -0.4 is 4.74 Å². The quantitative estimate of drug-likeness (QED) is 0.834. The molecule has 1 aromatic rings. The molecule has 0 bridgehead atoms. The van der Waals surface area contributed by atoms with E-state index in [1.54, 1.807) is 7.11 Å². The highest BCUT2D eigenvalue weighted by Crippen LogP contribution is 2.30. The van der Waals surface area contributed by atoms with E-state index >= 15 is 0 Å². The zero-order valence-corrected chi connectivity index (χ0v) is 11.6. The molecule has 0 unspecified atom stereocenters. The smallest absolute Gasteiger partial charge is 0.390 e. The summed E-state index contributed by atoms with van der Waals surface area (Å²) >= 11 is 0. The van der Waals surface area contributed by atoms with Crippen molar-refractivity contribution in [2.24, 2.45) is 0 Å². The molecule has 0 atom stereocenters.